The third kappa shape index (κ3) is 2.98. The number of nitrogen functional groups attached to an aromatic ring is 1. The number of nitrogens with zero attached hydrogens (tertiary/aromatic N) is 2. The summed E-state index contributed by atoms with van der Waals surface area (Å²) in [4.78, 5) is 16.2. The highest BCUT2D eigenvalue weighted by Crippen LogP contribution is 2.22. The van der Waals surface area contributed by atoms with Gasteiger partial charge in [0.25, 0.3) is 5.91 Å². The van der Waals surface area contributed by atoms with Gasteiger partial charge in [0.05, 0.1) is 5.69 Å². The quantitative estimate of drug-likeness (QED) is 0.634. The second kappa shape index (κ2) is 5.48. The highest BCUT2D eigenvalue weighted by atomic mass is 16.3. The molecule has 1 aromatic carbocycles. The molecule has 1 aromatic rings. The smallest absolute Gasteiger partial charge is 0.253 e. The summed E-state index contributed by atoms with van der Waals surface area (Å²) in [5.74, 6) is -0.132. The Morgan fingerprint density at radius 1 is 1.58 bits per heavy atom. The van der Waals surface area contributed by atoms with Gasteiger partial charge in [0.1, 0.15) is 5.75 Å². The van der Waals surface area contributed by atoms with Gasteiger partial charge in [-0.1, -0.05) is 0 Å². The van der Waals surface area contributed by atoms with Gasteiger partial charge < -0.3 is 20.6 Å². The summed E-state index contributed by atoms with van der Waals surface area (Å²) in [5, 5.41) is 9.55. The van der Waals surface area contributed by atoms with Gasteiger partial charge in [-0.05, 0) is 44.6 Å². The van der Waals surface area contributed by atoms with Crippen LogP contribution in [0.3, 0.4) is 0 Å². The number of benzene rings is 1. The number of likely N-dealkylation sites (N-methyl/N-ethyl adjacent to an activating group) is 2. The zero-order chi connectivity index (χ0) is 14.0. The Morgan fingerprint density at radius 2 is 2.32 bits per heavy atom. The summed E-state index contributed by atoms with van der Waals surface area (Å²) >= 11 is 0. The molecule has 1 saturated heterocycles. The van der Waals surface area contributed by atoms with Crippen LogP contribution in [0.1, 0.15) is 23.2 Å². The predicted octanol–water partition coefficient (Wildman–Crippen LogP) is 1.14. The number of likely N-dealkylation sites (tertiary alicyclic amines) is 1. The number of carbonyl (C=O) groups excluding carboxylic acids is 1. The first-order valence-electron chi connectivity index (χ1n) is 6.53. The minimum absolute atomic E-state index is 0.0442. The van der Waals surface area contributed by atoms with Gasteiger partial charge in [-0.2, -0.15) is 0 Å². The van der Waals surface area contributed by atoms with Crippen LogP contribution in [0.5, 0.6) is 5.75 Å². The SMILES string of the molecule is CN(CC1CCCN1C)C(=O)c1ccc(N)c(O)c1. The van der Waals surface area contributed by atoms with Crippen molar-refractivity contribution in [2.75, 3.05) is 32.9 Å². The molecule has 104 valence electrons. The van der Waals surface area contributed by atoms with Crippen LogP contribution >= 0.6 is 0 Å². The summed E-state index contributed by atoms with van der Waals surface area (Å²) in [6.07, 6.45) is 2.31. The first-order chi connectivity index (χ1) is 8.99. The molecule has 1 aliphatic rings. The fraction of sp³-hybridized carbons (Fsp3) is 0.500. The fourth-order valence-electron chi connectivity index (χ4n) is 2.51. The van der Waals surface area contributed by atoms with Gasteiger partial charge in [-0.15, -0.1) is 0 Å². The lowest BCUT2D eigenvalue weighted by molar-refractivity contribution is 0.0761. The van der Waals surface area contributed by atoms with E-state index in [0.29, 0.717) is 18.2 Å². The molecule has 0 spiro atoms. The molecule has 1 amide bonds. The number of carbonyl (C=O) groups is 1. The van der Waals surface area contributed by atoms with Gasteiger partial charge >= 0.3 is 0 Å². The van der Waals surface area contributed by atoms with Gasteiger partial charge in [-0.3, -0.25) is 4.79 Å². The number of rotatable bonds is 3. The van der Waals surface area contributed by atoms with Crippen molar-refractivity contribution in [1.82, 2.24) is 9.80 Å². The Bertz CT molecular complexity index is 476. The molecule has 19 heavy (non-hydrogen) atoms. The van der Waals surface area contributed by atoms with Crippen LogP contribution in [0.2, 0.25) is 0 Å². The molecular weight excluding hydrogens is 242 g/mol. The monoisotopic (exact) mass is 263 g/mol. The lowest BCUT2D eigenvalue weighted by Gasteiger charge is -2.26. The third-order valence-electron chi connectivity index (χ3n) is 3.78. The van der Waals surface area contributed by atoms with Crippen molar-refractivity contribution in [3.8, 4) is 5.75 Å². The van der Waals surface area contributed by atoms with E-state index in [1.807, 2.05) is 0 Å². The molecule has 3 N–H and O–H groups in total. The van der Waals surface area contributed by atoms with E-state index < -0.39 is 0 Å². The maximum atomic E-state index is 12.3. The van der Waals surface area contributed by atoms with Crippen molar-refractivity contribution in [3.05, 3.63) is 23.8 Å². The Morgan fingerprint density at radius 3 is 2.89 bits per heavy atom. The van der Waals surface area contributed by atoms with Crippen LogP contribution in [-0.2, 0) is 0 Å². The molecule has 0 aromatic heterocycles. The highest BCUT2D eigenvalue weighted by Gasteiger charge is 2.24. The molecule has 0 radical (unpaired) electrons. The molecule has 0 bridgehead atoms. The lowest BCUT2D eigenvalue weighted by atomic mass is 10.1. The van der Waals surface area contributed by atoms with Gasteiger partial charge in [-0.25, -0.2) is 0 Å². The van der Waals surface area contributed by atoms with Crippen LogP contribution < -0.4 is 5.73 Å². The second-order valence-electron chi connectivity index (χ2n) is 5.24. The predicted molar refractivity (Wildman–Crippen MR) is 75.1 cm³/mol. The summed E-state index contributed by atoms with van der Waals surface area (Å²) in [6, 6.07) is 5.05. The van der Waals surface area contributed by atoms with E-state index in [9.17, 15) is 9.90 Å². The van der Waals surface area contributed by atoms with E-state index in [1.165, 1.54) is 12.5 Å². The first kappa shape index (κ1) is 13.7. The average Bonchev–Trinajstić information content (AvgIpc) is 2.77. The van der Waals surface area contributed by atoms with Crippen molar-refractivity contribution < 1.29 is 9.90 Å². The van der Waals surface area contributed by atoms with Crippen molar-refractivity contribution in [2.24, 2.45) is 0 Å². The van der Waals surface area contributed by atoms with E-state index in [0.717, 1.165) is 13.0 Å². The van der Waals surface area contributed by atoms with Crippen molar-refractivity contribution in [3.63, 3.8) is 0 Å². The van der Waals surface area contributed by atoms with Crippen molar-refractivity contribution >= 4 is 11.6 Å². The topological polar surface area (TPSA) is 69.8 Å². The number of aromatic hydroxyl groups is 1. The zero-order valence-electron chi connectivity index (χ0n) is 11.5. The Hall–Kier alpha value is -1.75. The highest BCUT2D eigenvalue weighted by molar-refractivity contribution is 5.95. The van der Waals surface area contributed by atoms with Crippen molar-refractivity contribution in [1.29, 1.82) is 0 Å². The van der Waals surface area contributed by atoms with Crippen molar-refractivity contribution in [2.45, 2.75) is 18.9 Å². The molecule has 1 fully saturated rings. The standard InChI is InChI=1S/C14H21N3O2/c1-16-7-3-4-11(16)9-17(2)14(19)10-5-6-12(15)13(18)8-10/h5-6,8,11,18H,3-4,7,9,15H2,1-2H3. The third-order valence-corrected chi connectivity index (χ3v) is 3.78. The number of nitrogens with two attached hydrogens (primary N) is 1. The van der Waals surface area contributed by atoms with Crippen LogP contribution in [0.25, 0.3) is 0 Å². The molecule has 1 atom stereocenters. The summed E-state index contributed by atoms with van der Waals surface area (Å²) in [5.41, 5.74) is 6.29. The number of phenolic OH excluding ortho intramolecular Hbond substituents is 1. The zero-order valence-corrected chi connectivity index (χ0v) is 11.5. The molecular formula is C14H21N3O2. The van der Waals surface area contributed by atoms with Gasteiger partial charge in [0.2, 0.25) is 0 Å². The van der Waals surface area contributed by atoms with E-state index in [4.69, 9.17) is 5.73 Å². The Balaban J connectivity index is 2.03. The van der Waals surface area contributed by atoms with E-state index >= 15 is 0 Å². The molecule has 0 aliphatic carbocycles. The molecule has 5 heteroatoms. The van der Waals surface area contributed by atoms with Crippen LogP contribution in [0.4, 0.5) is 5.69 Å². The number of phenols is 1. The number of anilines is 1. The molecule has 5 nitrogen and oxygen atoms in total. The summed E-state index contributed by atoms with van der Waals surface area (Å²) < 4.78 is 0. The Labute approximate surface area is 113 Å². The summed E-state index contributed by atoms with van der Waals surface area (Å²) in [6.45, 7) is 1.80. The van der Waals surface area contributed by atoms with Gasteiger partial charge in [0, 0.05) is 25.2 Å². The average molecular weight is 263 g/mol. The van der Waals surface area contributed by atoms with E-state index in [2.05, 4.69) is 11.9 Å². The van der Waals surface area contributed by atoms with Gasteiger partial charge in [0.15, 0.2) is 0 Å². The first-order valence-corrected chi connectivity index (χ1v) is 6.53. The molecule has 1 heterocycles. The maximum absolute atomic E-state index is 12.3. The van der Waals surface area contributed by atoms with Crippen LogP contribution in [0.15, 0.2) is 18.2 Å². The maximum Gasteiger partial charge on any atom is 0.253 e. The second-order valence-corrected chi connectivity index (χ2v) is 5.24. The molecule has 0 saturated carbocycles. The van der Waals surface area contributed by atoms with Crippen LogP contribution in [-0.4, -0.2) is 54.0 Å². The summed E-state index contributed by atoms with van der Waals surface area (Å²) in [7, 11) is 3.88. The molecule has 1 aliphatic heterocycles. The van der Waals surface area contributed by atoms with E-state index in [-0.39, 0.29) is 17.3 Å². The van der Waals surface area contributed by atoms with E-state index in [1.54, 1.807) is 24.1 Å². The van der Waals surface area contributed by atoms with Crippen LogP contribution in [0, 0.1) is 0 Å². The normalized spacial score (nSPS) is 19.6. The Kier molecular flexibility index (Phi) is 3.95. The minimum Gasteiger partial charge on any atom is -0.506 e. The number of hydrogen-bond donors (Lipinski definition) is 2. The molecule has 2 rings (SSSR count). The minimum atomic E-state index is -0.0874. The number of hydrogen-bond acceptors (Lipinski definition) is 4. The molecule has 1 unspecified atom stereocenters. The number of amides is 1. The fourth-order valence-corrected chi connectivity index (χ4v) is 2.51. The lowest BCUT2D eigenvalue weighted by Crippen LogP contribution is -2.39. The largest absolute Gasteiger partial charge is 0.506 e.